The molecule has 5 aliphatic rings. The van der Waals surface area contributed by atoms with Crippen molar-refractivity contribution in [2.45, 2.75) is 129 Å². The van der Waals surface area contributed by atoms with Crippen LogP contribution in [0.1, 0.15) is 125 Å². The van der Waals surface area contributed by atoms with Crippen molar-refractivity contribution in [2.75, 3.05) is 196 Å². The first kappa shape index (κ1) is 118. The zero-order valence-corrected chi connectivity index (χ0v) is 90.3. The molecule has 5 aromatic carbocycles. The number of piperazine rings is 2. The second-order valence-corrected chi connectivity index (χ2v) is 40.4. The number of aliphatic hydroxyl groups is 8. The molecule has 10 aromatic rings. The van der Waals surface area contributed by atoms with Gasteiger partial charge in [-0.2, -0.15) is 24.9 Å². The summed E-state index contributed by atoms with van der Waals surface area (Å²) >= 11 is 55.3. The predicted molar refractivity (Wildman–Crippen MR) is 585 cm³/mol. The maximum Gasteiger partial charge on any atom is 0.318 e. The summed E-state index contributed by atoms with van der Waals surface area (Å²) in [5, 5.41) is 110. The minimum absolute atomic E-state index is 0.0182. The Morgan fingerprint density at radius 1 is 0.322 bits per heavy atom. The number of amides is 7. The smallest absolute Gasteiger partial charge is 0.318 e. The highest BCUT2D eigenvalue weighted by Crippen LogP contribution is 2.37. The fraction of sp³-hybridized carbons (Fsp3) is 0.450. The molecule has 149 heavy (non-hydrogen) atoms. The molecular formula is C100H128Cl9N27O13. The molecule has 0 aliphatic carbocycles. The number of rotatable bonds is 37. The summed E-state index contributed by atoms with van der Waals surface area (Å²) in [6.45, 7) is 21.7. The fourth-order valence-corrected chi connectivity index (χ4v) is 17.8. The first-order chi connectivity index (χ1) is 71.5. The van der Waals surface area contributed by atoms with Gasteiger partial charge in [0.2, 0.25) is 47.5 Å². The maximum atomic E-state index is 12.8. The van der Waals surface area contributed by atoms with Crippen LogP contribution in [-0.2, 0) is 14.4 Å². The van der Waals surface area contributed by atoms with Crippen molar-refractivity contribution in [2.24, 2.45) is 17.8 Å². The van der Waals surface area contributed by atoms with Gasteiger partial charge in [-0.3, -0.25) is 14.4 Å². The van der Waals surface area contributed by atoms with Gasteiger partial charge in [0.05, 0.1) is 138 Å². The van der Waals surface area contributed by atoms with Crippen LogP contribution in [0.4, 0.5) is 68.4 Å². The summed E-state index contributed by atoms with van der Waals surface area (Å²) in [4.78, 5) is 120. The van der Waals surface area contributed by atoms with Crippen molar-refractivity contribution >= 4 is 193 Å². The lowest BCUT2D eigenvalue weighted by Gasteiger charge is -2.40. The molecular weight excluding hydrogens is 2110 g/mol. The van der Waals surface area contributed by atoms with Crippen LogP contribution in [0, 0.1) is 24.7 Å². The Balaban J connectivity index is 0.000000177. The van der Waals surface area contributed by atoms with E-state index in [1.54, 1.807) is 108 Å². The Morgan fingerprint density at radius 3 is 0.933 bits per heavy atom. The molecule has 5 aromatic heterocycles. The van der Waals surface area contributed by atoms with Crippen LogP contribution in [0.25, 0.3) is 0 Å². The molecule has 804 valence electrons. The zero-order valence-electron chi connectivity index (χ0n) is 83.5. The van der Waals surface area contributed by atoms with Crippen LogP contribution in [0.5, 0.6) is 0 Å². The van der Waals surface area contributed by atoms with Gasteiger partial charge >= 0.3 is 12.1 Å². The summed E-state index contributed by atoms with van der Waals surface area (Å²) in [5.74, 6) is 4.07. The highest BCUT2D eigenvalue weighted by molar-refractivity contribution is 6.35. The second kappa shape index (κ2) is 58.4. The minimum atomic E-state index is -0.540. The van der Waals surface area contributed by atoms with E-state index in [1.807, 2.05) is 115 Å². The van der Waals surface area contributed by atoms with Crippen LogP contribution < -0.4 is 77.7 Å². The van der Waals surface area contributed by atoms with E-state index in [4.69, 9.17) is 110 Å². The first-order valence-corrected chi connectivity index (χ1v) is 52.1. The van der Waals surface area contributed by atoms with Crippen molar-refractivity contribution in [3.05, 3.63) is 231 Å². The Morgan fingerprint density at radius 2 is 0.617 bits per heavy atom. The van der Waals surface area contributed by atoms with Crippen molar-refractivity contribution in [3.63, 3.8) is 0 Å². The van der Waals surface area contributed by atoms with E-state index in [0.29, 0.717) is 202 Å². The zero-order chi connectivity index (χ0) is 108. The number of aliphatic hydroxyl groups excluding tert-OH is 8. The summed E-state index contributed by atoms with van der Waals surface area (Å²) in [6.07, 6.45) is 9.06. The number of carbonyl (C=O) groups is 5. The number of benzene rings is 5. The van der Waals surface area contributed by atoms with Gasteiger partial charge in [-0.05, 0) is 138 Å². The normalized spacial score (nSPS) is 16.2. The topological polar surface area (TPSA) is 519 Å². The molecule has 5 aliphatic heterocycles. The van der Waals surface area contributed by atoms with Gasteiger partial charge in [-0.15, -0.1) is 0 Å². The third kappa shape index (κ3) is 34.9. The lowest BCUT2D eigenvalue weighted by Crippen LogP contribution is -2.54. The Kier molecular flexibility index (Phi) is 46.2. The highest BCUT2D eigenvalue weighted by atomic mass is 35.5. The van der Waals surface area contributed by atoms with E-state index in [9.17, 15) is 59.7 Å². The molecule has 5 saturated heterocycles. The molecule has 9 atom stereocenters. The number of nitrogens with one attached hydrogen (secondary N) is 10. The Hall–Kier alpha value is -11.3. The summed E-state index contributed by atoms with van der Waals surface area (Å²) < 4.78 is 0. The lowest BCUT2D eigenvalue weighted by atomic mass is 9.97. The van der Waals surface area contributed by atoms with Crippen LogP contribution in [0.2, 0.25) is 45.2 Å². The second-order valence-electron chi connectivity index (χ2n) is 36.6. The van der Waals surface area contributed by atoms with Crippen LogP contribution in [-0.4, -0.2) is 305 Å². The number of hydrogen-bond acceptors (Lipinski definition) is 33. The van der Waals surface area contributed by atoms with Crippen molar-refractivity contribution in [3.8, 4) is 0 Å². The molecule has 0 spiro atoms. The third-order valence-electron chi connectivity index (χ3n) is 24.5. The first-order valence-electron chi connectivity index (χ1n) is 48.7. The number of anilines is 10. The number of urea groups is 2. The quantitative estimate of drug-likeness (QED) is 0.0172. The molecule has 49 heteroatoms. The molecule has 15 rings (SSSR count). The monoisotopic (exact) mass is 2230 g/mol. The average Bonchev–Trinajstić information content (AvgIpc) is 1.33. The van der Waals surface area contributed by atoms with Gasteiger partial charge in [-0.25, -0.2) is 34.5 Å². The van der Waals surface area contributed by atoms with E-state index in [-0.39, 0.29) is 131 Å². The van der Waals surface area contributed by atoms with Crippen LogP contribution in [0.3, 0.4) is 0 Å². The molecule has 18 N–H and O–H groups in total. The molecule has 0 radical (unpaired) electrons. The average molecular weight is 2240 g/mol. The molecule has 40 nitrogen and oxygen atoms in total. The van der Waals surface area contributed by atoms with E-state index >= 15 is 0 Å². The number of carbonyl (C=O) groups excluding carboxylic acids is 5. The number of nitrogens with zero attached hydrogens (tertiary/aromatic N) is 17. The standard InChI is InChI=1S/C21H28Cl2N6O3.C20H26Cl2N6O2.C20H25Cl2N5O3.C20H26ClN5O2.C19H23Cl2N5O3/c1-2-16(12-30)25-20-24-11-17(23)19(27-20)28-6-8-29(9-7-28)21(32)26-18(13-31)14-4-3-5-15(22)10-14;1-13(2)24-19-23-11-16(22)18(26-19)27-6-8-28(9-7-27)20(30)25-17(12-29)14-4-3-5-15(21)10-14;1-12(10-28)24-20-23-8-16(22)18(26-20)27-6-5-14(9-27)19(30)25-17(11-29)13-3-2-4-15(21)7-13;1-12(2)23-20-22-8-16(21)18(25-20)26-9-15(10-26)19(28)24-17(11-27)14-6-4-13(3)5-7-14;1-11(9-27)23-19-22-6-15(21)17(25-19)26-7-13(8-26)18(29)24-16(10-28)12-2-4-14(20)5-3-12/h3-5,10-11,16,18,30-31H,2,6-9,12-13H2,1H3,(H,26,32)(H,24,25,27);3-5,10-11,13,17,29H,6-9,12H2,1-2H3,(H,25,30)(H,23,24,26);2-4,7-8,12,14,17,28-29H,5-6,9-11H2,1H3,(H,25,30)(H,23,24,26);4-8,12,15,17,27H,9-11H2,1-3H3,(H,24,28)(H,22,23,25);2-6,11,13,16,27-28H,7-10H2,1H3,(H,24,29)(H,22,23,25)/t16-,18+;17-;12?,14?,17-;;11?,16-/m011.1/s1. The van der Waals surface area contributed by atoms with Gasteiger partial charge < -0.3 is 128 Å². The van der Waals surface area contributed by atoms with Gasteiger partial charge in [0.15, 0.2) is 29.1 Å². The predicted octanol–water partition coefficient (Wildman–Crippen LogP) is 12.4. The Labute approximate surface area is 910 Å². The lowest BCUT2D eigenvalue weighted by molar-refractivity contribution is -0.127. The van der Waals surface area contributed by atoms with E-state index < -0.39 is 30.2 Å². The summed E-state index contributed by atoms with van der Waals surface area (Å²) in [5.41, 5.74) is 5.06. The van der Waals surface area contributed by atoms with Crippen molar-refractivity contribution < 1.29 is 64.8 Å². The third-order valence-corrected chi connectivity index (χ3v) is 26.8. The fourth-order valence-electron chi connectivity index (χ4n) is 16.0. The van der Waals surface area contributed by atoms with Crippen LogP contribution >= 0.6 is 104 Å². The molecule has 4 unspecified atom stereocenters. The molecule has 0 saturated carbocycles. The molecule has 0 bridgehead atoms. The van der Waals surface area contributed by atoms with Crippen molar-refractivity contribution in [1.82, 2.24) is 86.2 Å². The SMILES string of the molecule is CC(C)Nc1ncc(Cl)c(N2CCN(C(=O)N[C@H](CO)c3cccc(Cl)c3)CC2)n1.CC(CO)Nc1ncc(Cl)c(N2CC(C(=O)N[C@H](CO)c3ccc(Cl)cc3)C2)n1.CC(CO)Nc1ncc(Cl)c(N2CCC(C(=O)N[C@H](CO)c3cccc(Cl)c3)C2)n1.CC[C@@H](CO)Nc1ncc(Cl)c(N2CCN(C(=O)N[C@H](CO)c3cccc(Cl)c3)CC2)n1.Cc1ccc(C(CO)NC(=O)C2CN(c3nc(NC(C)C)ncc3Cl)C2)cc1. The van der Waals surface area contributed by atoms with E-state index in [0.717, 1.165) is 39.8 Å². The highest BCUT2D eigenvalue weighted by Gasteiger charge is 2.40. The number of hydrogen-bond donors (Lipinski definition) is 18. The Bertz CT molecular complexity index is 5990. The van der Waals surface area contributed by atoms with E-state index in [1.165, 1.54) is 18.6 Å². The van der Waals surface area contributed by atoms with E-state index in [2.05, 4.69) is 103 Å². The minimum Gasteiger partial charge on any atom is -0.394 e. The van der Waals surface area contributed by atoms with Gasteiger partial charge in [-0.1, -0.05) is 190 Å². The number of aromatic nitrogens is 10. The van der Waals surface area contributed by atoms with Crippen LogP contribution in [0.15, 0.2) is 152 Å². The van der Waals surface area contributed by atoms with Gasteiger partial charge in [0, 0.05) is 136 Å². The van der Waals surface area contributed by atoms with Gasteiger partial charge in [0.25, 0.3) is 0 Å². The maximum absolute atomic E-state index is 12.8. The van der Waals surface area contributed by atoms with Gasteiger partial charge in [0.1, 0.15) is 25.1 Å². The van der Waals surface area contributed by atoms with Crippen molar-refractivity contribution in [1.29, 1.82) is 0 Å². The number of halogens is 9. The molecule has 7 amide bonds. The largest absolute Gasteiger partial charge is 0.394 e. The molecule has 5 fully saturated rings. The number of aryl methyl sites for hydroxylation is 1. The summed E-state index contributed by atoms with van der Waals surface area (Å²) in [7, 11) is 0. The summed E-state index contributed by atoms with van der Waals surface area (Å²) in [6, 6.07) is 32.9. The molecule has 10 heterocycles.